The van der Waals surface area contributed by atoms with Crippen LogP contribution in [0.3, 0.4) is 0 Å². The van der Waals surface area contributed by atoms with Gasteiger partial charge in [-0.05, 0) is 18.2 Å². The molecule has 19 heavy (non-hydrogen) atoms. The van der Waals surface area contributed by atoms with Crippen LogP contribution in [0.5, 0.6) is 5.75 Å². The Morgan fingerprint density at radius 1 is 1.00 bits per heavy atom. The maximum Gasteiger partial charge on any atom is 0.339 e. The summed E-state index contributed by atoms with van der Waals surface area (Å²) in [7, 11) is -3.98. The summed E-state index contributed by atoms with van der Waals surface area (Å²) in [5.41, 5.74) is -0.235. The fourth-order valence-corrected chi connectivity index (χ4v) is 2.35. The van der Waals surface area contributed by atoms with Gasteiger partial charge in [-0.3, -0.25) is 10.1 Å². The van der Waals surface area contributed by atoms with E-state index in [0.29, 0.717) is 0 Å². The van der Waals surface area contributed by atoms with Gasteiger partial charge in [0.05, 0.1) is 11.0 Å². The lowest BCUT2D eigenvalue weighted by Crippen LogP contribution is -2.09. The molecule has 2 rings (SSSR count). The maximum absolute atomic E-state index is 11.9. The van der Waals surface area contributed by atoms with E-state index in [1.165, 1.54) is 30.3 Å². The Morgan fingerprint density at radius 3 is 2.32 bits per heavy atom. The van der Waals surface area contributed by atoms with E-state index in [1.54, 1.807) is 18.2 Å². The van der Waals surface area contributed by atoms with Crippen molar-refractivity contribution in [2.24, 2.45) is 0 Å². The second kappa shape index (κ2) is 5.07. The number of rotatable bonds is 4. The predicted octanol–water partition coefficient (Wildman–Crippen LogP) is 2.36. The Bertz CT molecular complexity index is 697. The van der Waals surface area contributed by atoms with Gasteiger partial charge in [0.15, 0.2) is 0 Å². The molecule has 2 aromatic carbocycles. The van der Waals surface area contributed by atoms with Crippen molar-refractivity contribution < 1.29 is 17.5 Å². The fraction of sp³-hybridized carbons (Fsp3) is 0. The molecule has 98 valence electrons. The highest BCUT2D eigenvalue weighted by molar-refractivity contribution is 7.87. The molecule has 0 aliphatic heterocycles. The van der Waals surface area contributed by atoms with Crippen LogP contribution in [0.4, 0.5) is 5.69 Å². The number of hydrogen-bond acceptors (Lipinski definition) is 5. The van der Waals surface area contributed by atoms with E-state index in [0.717, 1.165) is 6.07 Å². The largest absolute Gasteiger partial charge is 0.379 e. The SMILES string of the molecule is O=[N+]([O-])c1cccc(OS(=O)(=O)c2ccccc2)c1. The van der Waals surface area contributed by atoms with Crippen molar-refractivity contribution in [3.8, 4) is 5.75 Å². The van der Waals surface area contributed by atoms with Gasteiger partial charge >= 0.3 is 10.1 Å². The van der Waals surface area contributed by atoms with Gasteiger partial charge in [0.2, 0.25) is 0 Å². The van der Waals surface area contributed by atoms with E-state index in [-0.39, 0.29) is 16.3 Å². The second-order valence-electron chi connectivity index (χ2n) is 3.60. The Labute approximate surface area is 109 Å². The molecule has 0 aromatic heterocycles. The molecule has 0 bridgehead atoms. The predicted molar refractivity (Wildman–Crippen MR) is 67.4 cm³/mol. The number of non-ortho nitro benzene ring substituents is 1. The first-order valence-electron chi connectivity index (χ1n) is 5.23. The van der Waals surface area contributed by atoms with Gasteiger partial charge in [0.1, 0.15) is 10.6 Å². The molecule has 0 N–H and O–H groups in total. The van der Waals surface area contributed by atoms with Crippen molar-refractivity contribution in [2.45, 2.75) is 4.90 Å². The average Bonchev–Trinajstić information content (AvgIpc) is 2.39. The molecule has 7 heteroatoms. The molecule has 0 aliphatic carbocycles. The summed E-state index contributed by atoms with van der Waals surface area (Å²) >= 11 is 0. The molecule has 0 spiro atoms. The maximum atomic E-state index is 11.9. The van der Waals surface area contributed by atoms with Crippen LogP contribution in [0, 0.1) is 10.1 Å². The molecule has 0 saturated heterocycles. The number of nitrogens with zero attached hydrogens (tertiary/aromatic N) is 1. The van der Waals surface area contributed by atoms with Crippen LogP contribution in [0.1, 0.15) is 0 Å². The van der Waals surface area contributed by atoms with Crippen LogP contribution in [-0.4, -0.2) is 13.3 Å². The third-order valence-corrected chi connectivity index (χ3v) is 3.53. The summed E-state index contributed by atoms with van der Waals surface area (Å²) < 4.78 is 28.6. The zero-order valence-corrected chi connectivity index (χ0v) is 10.4. The van der Waals surface area contributed by atoms with Crippen molar-refractivity contribution in [3.05, 3.63) is 64.7 Å². The van der Waals surface area contributed by atoms with Gasteiger partial charge in [-0.15, -0.1) is 0 Å². The van der Waals surface area contributed by atoms with Gasteiger partial charge in [-0.25, -0.2) is 0 Å². The summed E-state index contributed by atoms with van der Waals surface area (Å²) in [4.78, 5) is 9.95. The molecular formula is C12H9NO5S. The first-order chi connectivity index (χ1) is 8.99. The smallest absolute Gasteiger partial charge is 0.339 e. The first-order valence-corrected chi connectivity index (χ1v) is 6.64. The standard InChI is InChI=1S/C12H9NO5S/c14-13(15)10-5-4-6-11(9-10)18-19(16,17)12-7-2-1-3-8-12/h1-9H. The fourth-order valence-electron chi connectivity index (χ4n) is 1.41. The van der Waals surface area contributed by atoms with Crippen molar-refractivity contribution in [3.63, 3.8) is 0 Å². The lowest BCUT2D eigenvalue weighted by molar-refractivity contribution is -0.384. The highest BCUT2D eigenvalue weighted by atomic mass is 32.2. The number of nitro groups is 1. The zero-order valence-electron chi connectivity index (χ0n) is 9.59. The van der Waals surface area contributed by atoms with Crippen molar-refractivity contribution in [2.75, 3.05) is 0 Å². The van der Waals surface area contributed by atoms with Crippen molar-refractivity contribution >= 4 is 15.8 Å². The lowest BCUT2D eigenvalue weighted by atomic mass is 10.3. The van der Waals surface area contributed by atoms with Crippen molar-refractivity contribution in [1.29, 1.82) is 0 Å². The lowest BCUT2D eigenvalue weighted by Gasteiger charge is -2.06. The molecule has 0 unspecified atom stereocenters. The van der Waals surface area contributed by atoms with Crippen LogP contribution in [0.25, 0.3) is 0 Å². The Kier molecular flexibility index (Phi) is 3.48. The van der Waals surface area contributed by atoms with E-state index >= 15 is 0 Å². The number of hydrogen-bond donors (Lipinski definition) is 0. The summed E-state index contributed by atoms with van der Waals surface area (Å²) in [6.45, 7) is 0. The molecule has 0 atom stereocenters. The normalized spacial score (nSPS) is 10.9. The molecule has 0 saturated carbocycles. The number of benzene rings is 2. The van der Waals surface area contributed by atoms with Gasteiger partial charge in [0.25, 0.3) is 5.69 Å². The summed E-state index contributed by atoms with van der Waals surface area (Å²) in [6, 6.07) is 12.6. The van der Waals surface area contributed by atoms with E-state index in [2.05, 4.69) is 0 Å². The van der Waals surface area contributed by atoms with Crippen LogP contribution in [0.2, 0.25) is 0 Å². The third kappa shape index (κ3) is 3.08. The van der Waals surface area contributed by atoms with E-state index in [4.69, 9.17) is 4.18 Å². The molecule has 2 aromatic rings. The minimum atomic E-state index is -3.98. The summed E-state index contributed by atoms with van der Waals surface area (Å²) in [5.74, 6) is -0.0990. The second-order valence-corrected chi connectivity index (χ2v) is 5.15. The van der Waals surface area contributed by atoms with E-state index in [9.17, 15) is 18.5 Å². The topological polar surface area (TPSA) is 86.5 Å². The van der Waals surface area contributed by atoms with Crippen LogP contribution >= 0.6 is 0 Å². The quantitative estimate of drug-likeness (QED) is 0.487. The van der Waals surface area contributed by atoms with Crippen LogP contribution in [-0.2, 0) is 10.1 Å². The summed E-state index contributed by atoms with van der Waals surface area (Å²) in [5, 5.41) is 10.6. The first kappa shape index (κ1) is 13.0. The van der Waals surface area contributed by atoms with Gasteiger partial charge in [-0.2, -0.15) is 8.42 Å². The third-order valence-electron chi connectivity index (χ3n) is 2.27. The van der Waals surface area contributed by atoms with Crippen molar-refractivity contribution in [1.82, 2.24) is 0 Å². The Balaban J connectivity index is 2.31. The average molecular weight is 279 g/mol. The van der Waals surface area contributed by atoms with Gasteiger partial charge in [-0.1, -0.05) is 24.3 Å². The number of nitro benzene ring substituents is 1. The molecule has 0 heterocycles. The highest BCUT2D eigenvalue weighted by Crippen LogP contribution is 2.22. The molecule has 0 radical (unpaired) electrons. The summed E-state index contributed by atoms with van der Waals surface area (Å²) in [6.07, 6.45) is 0. The van der Waals surface area contributed by atoms with Crippen LogP contribution < -0.4 is 4.18 Å². The minimum absolute atomic E-state index is 0.0125. The monoisotopic (exact) mass is 279 g/mol. The van der Waals surface area contributed by atoms with Gasteiger partial charge in [0, 0.05) is 6.07 Å². The van der Waals surface area contributed by atoms with E-state index in [1.807, 2.05) is 0 Å². The minimum Gasteiger partial charge on any atom is -0.379 e. The van der Waals surface area contributed by atoms with Crippen LogP contribution in [0.15, 0.2) is 59.5 Å². The van der Waals surface area contributed by atoms with E-state index < -0.39 is 15.0 Å². The Hall–Kier alpha value is -2.41. The molecule has 6 nitrogen and oxygen atoms in total. The highest BCUT2D eigenvalue weighted by Gasteiger charge is 2.17. The Morgan fingerprint density at radius 2 is 1.68 bits per heavy atom. The molecule has 0 aliphatic rings. The van der Waals surface area contributed by atoms with Gasteiger partial charge < -0.3 is 4.18 Å². The molecular weight excluding hydrogens is 270 g/mol. The zero-order chi connectivity index (χ0) is 13.9. The molecule has 0 fully saturated rings. The molecule has 0 amide bonds.